The molecule has 1 aromatic rings. The summed E-state index contributed by atoms with van der Waals surface area (Å²) in [7, 11) is 0. The molecule has 3 rings (SSSR count). The van der Waals surface area contributed by atoms with Crippen molar-refractivity contribution >= 4 is 28.2 Å². The van der Waals surface area contributed by atoms with Crippen molar-refractivity contribution < 1.29 is 14.7 Å². The first-order valence-corrected chi connectivity index (χ1v) is 8.20. The molecule has 0 aromatic carbocycles. The third-order valence-corrected chi connectivity index (χ3v) is 5.33. The molecule has 114 valence electrons. The topological polar surface area (TPSA) is 78.4 Å². The highest BCUT2D eigenvalue weighted by Crippen LogP contribution is 2.33. The van der Waals surface area contributed by atoms with E-state index < -0.39 is 5.60 Å². The SMILES string of the molecule is Cc1cc(NC(=O)C2CC2)sc1C(=O)NCC1(O)CCC1. The van der Waals surface area contributed by atoms with Crippen LogP contribution in [0, 0.1) is 12.8 Å². The average Bonchev–Trinajstić information content (AvgIpc) is 3.19. The fourth-order valence-electron chi connectivity index (χ4n) is 2.42. The molecule has 0 radical (unpaired) electrons. The van der Waals surface area contributed by atoms with Crippen molar-refractivity contribution in [1.82, 2.24) is 5.32 Å². The molecule has 0 unspecified atom stereocenters. The Morgan fingerprint density at radius 1 is 1.43 bits per heavy atom. The van der Waals surface area contributed by atoms with E-state index in [-0.39, 0.29) is 17.7 Å². The van der Waals surface area contributed by atoms with Crippen molar-refractivity contribution in [2.24, 2.45) is 5.92 Å². The maximum Gasteiger partial charge on any atom is 0.261 e. The molecule has 0 spiro atoms. The highest BCUT2D eigenvalue weighted by Gasteiger charge is 2.35. The van der Waals surface area contributed by atoms with E-state index in [1.54, 1.807) is 0 Å². The first-order valence-electron chi connectivity index (χ1n) is 7.39. The van der Waals surface area contributed by atoms with Crippen LogP contribution in [-0.4, -0.2) is 29.1 Å². The zero-order valence-electron chi connectivity index (χ0n) is 12.1. The second-order valence-corrected chi connectivity index (χ2v) is 7.20. The van der Waals surface area contributed by atoms with Crippen LogP contribution < -0.4 is 10.6 Å². The van der Waals surface area contributed by atoms with Crippen LogP contribution in [0.4, 0.5) is 5.00 Å². The van der Waals surface area contributed by atoms with E-state index in [2.05, 4.69) is 10.6 Å². The number of carbonyl (C=O) groups excluding carboxylic acids is 2. The highest BCUT2D eigenvalue weighted by atomic mass is 32.1. The largest absolute Gasteiger partial charge is 0.388 e. The minimum Gasteiger partial charge on any atom is -0.388 e. The summed E-state index contributed by atoms with van der Waals surface area (Å²) >= 11 is 1.29. The maximum absolute atomic E-state index is 12.2. The summed E-state index contributed by atoms with van der Waals surface area (Å²) in [4.78, 5) is 24.5. The number of thiophene rings is 1. The average molecular weight is 308 g/mol. The molecule has 2 aliphatic carbocycles. The number of hydrogen-bond acceptors (Lipinski definition) is 4. The monoisotopic (exact) mass is 308 g/mol. The van der Waals surface area contributed by atoms with Crippen molar-refractivity contribution in [2.45, 2.75) is 44.6 Å². The Morgan fingerprint density at radius 3 is 2.71 bits per heavy atom. The van der Waals surface area contributed by atoms with Gasteiger partial charge in [0.2, 0.25) is 5.91 Å². The number of aryl methyl sites for hydroxylation is 1. The Hall–Kier alpha value is -1.40. The minimum absolute atomic E-state index is 0.0481. The van der Waals surface area contributed by atoms with Crippen LogP contribution in [0.5, 0.6) is 0 Å². The number of aliphatic hydroxyl groups is 1. The molecule has 2 aliphatic rings. The Morgan fingerprint density at radius 2 is 2.14 bits per heavy atom. The first-order chi connectivity index (χ1) is 9.97. The molecule has 1 heterocycles. The van der Waals surface area contributed by atoms with Gasteiger partial charge >= 0.3 is 0 Å². The molecule has 2 amide bonds. The van der Waals surface area contributed by atoms with Gasteiger partial charge in [0.15, 0.2) is 0 Å². The molecule has 3 N–H and O–H groups in total. The van der Waals surface area contributed by atoms with E-state index >= 15 is 0 Å². The van der Waals surface area contributed by atoms with Gasteiger partial charge in [-0.2, -0.15) is 0 Å². The number of carbonyl (C=O) groups is 2. The molecule has 2 saturated carbocycles. The summed E-state index contributed by atoms with van der Waals surface area (Å²) in [5.74, 6) is 0.0225. The van der Waals surface area contributed by atoms with Crippen molar-refractivity contribution in [3.8, 4) is 0 Å². The third-order valence-electron chi connectivity index (χ3n) is 4.18. The van der Waals surface area contributed by atoms with Gasteiger partial charge in [-0.1, -0.05) is 0 Å². The summed E-state index contributed by atoms with van der Waals surface area (Å²) in [6.07, 6.45) is 4.44. The van der Waals surface area contributed by atoms with Gasteiger partial charge in [-0.05, 0) is 50.7 Å². The van der Waals surface area contributed by atoms with E-state index in [4.69, 9.17) is 0 Å². The van der Waals surface area contributed by atoms with Crippen LogP contribution in [0.3, 0.4) is 0 Å². The van der Waals surface area contributed by atoms with Crippen LogP contribution in [0.15, 0.2) is 6.07 Å². The van der Waals surface area contributed by atoms with Crippen molar-refractivity contribution in [3.63, 3.8) is 0 Å². The van der Waals surface area contributed by atoms with Gasteiger partial charge in [0.1, 0.15) is 0 Å². The molecule has 0 aliphatic heterocycles. The predicted octanol–water partition coefficient (Wildman–Crippen LogP) is 2.05. The summed E-state index contributed by atoms with van der Waals surface area (Å²) in [5.41, 5.74) is 0.133. The zero-order chi connectivity index (χ0) is 15.0. The van der Waals surface area contributed by atoms with E-state index in [1.807, 2.05) is 13.0 Å². The Labute approximate surface area is 127 Å². The molecular weight excluding hydrogens is 288 g/mol. The van der Waals surface area contributed by atoms with Gasteiger partial charge in [0.25, 0.3) is 5.91 Å². The van der Waals surface area contributed by atoms with Gasteiger partial charge in [-0.25, -0.2) is 0 Å². The molecular formula is C15H20N2O3S. The van der Waals surface area contributed by atoms with Gasteiger partial charge in [-0.15, -0.1) is 11.3 Å². The second-order valence-electron chi connectivity index (χ2n) is 6.15. The molecule has 0 bridgehead atoms. The van der Waals surface area contributed by atoms with E-state index in [0.29, 0.717) is 11.4 Å². The molecule has 0 atom stereocenters. The second kappa shape index (κ2) is 5.42. The van der Waals surface area contributed by atoms with Crippen molar-refractivity contribution in [2.75, 3.05) is 11.9 Å². The molecule has 1 aromatic heterocycles. The van der Waals surface area contributed by atoms with Gasteiger partial charge in [0, 0.05) is 12.5 Å². The number of hydrogen-bond donors (Lipinski definition) is 3. The van der Waals surface area contributed by atoms with Crippen LogP contribution in [0.25, 0.3) is 0 Å². The number of anilines is 1. The predicted molar refractivity (Wildman–Crippen MR) is 81.5 cm³/mol. The van der Waals surface area contributed by atoms with Crippen LogP contribution in [-0.2, 0) is 4.79 Å². The number of nitrogens with one attached hydrogen (secondary N) is 2. The lowest BCUT2D eigenvalue weighted by atomic mass is 9.80. The van der Waals surface area contributed by atoms with E-state index in [0.717, 1.165) is 42.7 Å². The Bertz CT molecular complexity index is 573. The maximum atomic E-state index is 12.2. The summed E-state index contributed by atoms with van der Waals surface area (Å²) < 4.78 is 0. The van der Waals surface area contributed by atoms with Gasteiger partial charge < -0.3 is 15.7 Å². The summed E-state index contributed by atoms with van der Waals surface area (Å²) in [6.45, 7) is 2.16. The van der Waals surface area contributed by atoms with Crippen LogP contribution in [0.1, 0.15) is 47.3 Å². The zero-order valence-corrected chi connectivity index (χ0v) is 12.9. The molecule has 6 heteroatoms. The third kappa shape index (κ3) is 3.27. The van der Waals surface area contributed by atoms with Crippen LogP contribution in [0.2, 0.25) is 0 Å². The first kappa shape index (κ1) is 14.5. The van der Waals surface area contributed by atoms with Crippen molar-refractivity contribution in [1.29, 1.82) is 0 Å². The number of amides is 2. The molecule has 2 fully saturated rings. The molecule has 5 nitrogen and oxygen atoms in total. The quantitative estimate of drug-likeness (QED) is 0.779. The highest BCUT2D eigenvalue weighted by molar-refractivity contribution is 7.18. The van der Waals surface area contributed by atoms with Crippen molar-refractivity contribution in [3.05, 3.63) is 16.5 Å². The van der Waals surface area contributed by atoms with Crippen LogP contribution >= 0.6 is 11.3 Å². The lowest BCUT2D eigenvalue weighted by Gasteiger charge is -2.36. The van der Waals surface area contributed by atoms with Gasteiger partial charge in [-0.3, -0.25) is 9.59 Å². The smallest absolute Gasteiger partial charge is 0.261 e. The lowest BCUT2D eigenvalue weighted by molar-refractivity contribution is -0.117. The van der Waals surface area contributed by atoms with E-state index in [1.165, 1.54) is 11.3 Å². The van der Waals surface area contributed by atoms with E-state index in [9.17, 15) is 14.7 Å². The standard InChI is InChI=1S/C15H20N2O3S/c1-9-7-11(17-13(18)10-3-4-10)21-12(9)14(19)16-8-15(20)5-2-6-15/h7,10,20H,2-6,8H2,1H3,(H,16,19)(H,17,18). The minimum atomic E-state index is -0.718. The number of rotatable bonds is 5. The lowest BCUT2D eigenvalue weighted by Crippen LogP contribution is -2.47. The summed E-state index contributed by atoms with van der Waals surface area (Å²) in [6, 6.07) is 1.83. The fourth-order valence-corrected chi connectivity index (χ4v) is 3.42. The molecule has 21 heavy (non-hydrogen) atoms. The Kier molecular flexibility index (Phi) is 3.75. The Balaban J connectivity index is 1.59. The fraction of sp³-hybridized carbons (Fsp3) is 0.600. The summed E-state index contributed by atoms with van der Waals surface area (Å²) in [5, 5.41) is 16.4. The normalized spacial score (nSPS) is 19.7. The van der Waals surface area contributed by atoms with Gasteiger partial charge in [0.05, 0.1) is 15.5 Å². The molecule has 0 saturated heterocycles.